The number of amides is 1. The summed E-state index contributed by atoms with van der Waals surface area (Å²) >= 11 is 4.06. The molecule has 1 amide bonds. The van der Waals surface area contributed by atoms with Crippen LogP contribution >= 0.6 is 12.6 Å². The molecule has 1 atom stereocenters. The van der Waals surface area contributed by atoms with Gasteiger partial charge in [-0.2, -0.15) is 12.6 Å². The van der Waals surface area contributed by atoms with Crippen molar-refractivity contribution < 1.29 is 13.2 Å². The molecule has 0 aliphatic rings. The van der Waals surface area contributed by atoms with E-state index in [1.807, 2.05) is 13.0 Å². The Labute approximate surface area is 131 Å². The van der Waals surface area contributed by atoms with Gasteiger partial charge in [0.25, 0.3) is 0 Å². The number of carbonyl (C=O) groups excluding carboxylic acids is 1. The Hall–Kier alpha value is -1.05. The van der Waals surface area contributed by atoms with E-state index < -0.39 is 9.84 Å². The summed E-state index contributed by atoms with van der Waals surface area (Å²) in [4.78, 5) is 12.0. The quantitative estimate of drug-likeness (QED) is 0.487. The van der Waals surface area contributed by atoms with Gasteiger partial charge >= 0.3 is 0 Å². The maximum atomic E-state index is 12.1. The Bertz CT molecular complexity index is 569. The van der Waals surface area contributed by atoms with Crippen LogP contribution in [0.25, 0.3) is 0 Å². The molecule has 0 bridgehead atoms. The molecule has 1 aromatic rings. The van der Waals surface area contributed by atoms with Crippen molar-refractivity contribution in [2.75, 3.05) is 25.1 Å². The molecular weight excluding hydrogens is 308 g/mol. The molecule has 0 heterocycles. The SMILES string of the molecule is CN[C@@H](CS)C(=O)NCCCS(=O)(=O)c1cccc(C)c1. The van der Waals surface area contributed by atoms with Crippen LogP contribution in [0.3, 0.4) is 0 Å². The normalized spacial score (nSPS) is 12.9. The minimum absolute atomic E-state index is 0.0157. The van der Waals surface area contributed by atoms with Gasteiger partial charge < -0.3 is 10.6 Å². The maximum Gasteiger partial charge on any atom is 0.237 e. The van der Waals surface area contributed by atoms with Gasteiger partial charge in [-0.25, -0.2) is 8.42 Å². The molecule has 5 nitrogen and oxygen atoms in total. The molecule has 1 rings (SSSR count). The van der Waals surface area contributed by atoms with E-state index in [1.165, 1.54) is 0 Å². The first-order valence-corrected chi connectivity index (χ1v) is 9.04. The number of hydrogen-bond donors (Lipinski definition) is 3. The molecular formula is C14H22N2O3S2. The lowest BCUT2D eigenvalue weighted by molar-refractivity contribution is -0.122. The summed E-state index contributed by atoms with van der Waals surface area (Å²) in [7, 11) is -1.61. The van der Waals surface area contributed by atoms with Crippen LogP contribution in [0.5, 0.6) is 0 Å². The molecule has 2 N–H and O–H groups in total. The predicted molar refractivity (Wildman–Crippen MR) is 87.6 cm³/mol. The van der Waals surface area contributed by atoms with Crippen LogP contribution < -0.4 is 10.6 Å². The molecule has 0 aromatic heterocycles. The molecule has 0 saturated carbocycles. The highest BCUT2D eigenvalue weighted by molar-refractivity contribution is 7.91. The van der Waals surface area contributed by atoms with Crippen LogP contribution in [0.15, 0.2) is 29.2 Å². The smallest absolute Gasteiger partial charge is 0.237 e. The molecule has 21 heavy (non-hydrogen) atoms. The van der Waals surface area contributed by atoms with Crippen molar-refractivity contribution in [1.82, 2.24) is 10.6 Å². The topological polar surface area (TPSA) is 75.3 Å². The van der Waals surface area contributed by atoms with Crippen LogP contribution in [0.4, 0.5) is 0 Å². The fourth-order valence-corrected chi connectivity index (χ4v) is 3.59. The minimum Gasteiger partial charge on any atom is -0.355 e. The van der Waals surface area contributed by atoms with Crippen molar-refractivity contribution in [2.24, 2.45) is 0 Å². The number of likely N-dealkylation sites (N-methyl/N-ethyl adjacent to an activating group) is 1. The number of benzene rings is 1. The fraction of sp³-hybridized carbons (Fsp3) is 0.500. The Balaban J connectivity index is 2.47. The van der Waals surface area contributed by atoms with Crippen molar-refractivity contribution in [3.63, 3.8) is 0 Å². The highest BCUT2D eigenvalue weighted by atomic mass is 32.2. The molecule has 118 valence electrons. The lowest BCUT2D eigenvalue weighted by Gasteiger charge is -2.13. The van der Waals surface area contributed by atoms with Gasteiger partial charge in [0.05, 0.1) is 16.7 Å². The standard InChI is InChI=1S/C14H22N2O3S2/c1-11-5-3-6-12(9-11)21(18,19)8-4-7-16-14(17)13(10-20)15-2/h3,5-6,9,13,15,20H,4,7-8,10H2,1-2H3,(H,16,17)/t13-/m0/s1. The van der Waals surface area contributed by atoms with Crippen molar-refractivity contribution >= 4 is 28.4 Å². The second-order valence-corrected chi connectivity index (χ2v) is 7.28. The van der Waals surface area contributed by atoms with Crippen molar-refractivity contribution in [2.45, 2.75) is 24.3 Å². The Kier molecular flexibility index (Phi) is 7.21. The van der Waals surface area contributed by atoms with Gasteiger partial charge in [0, 0.05) is 12.3 Å². The van der Waals surface area contributed by atoms with Gasteiger partial charge in [-0.3, -0.25) is 4.79 Å². The van der Waals surface area contributed by atoms with Gasteiger partial charge in [-0.15, -0.1) is 0 Å². The van der Waals surface area contributed by atoms with Gasteiger partial charge in [-0.1, -0.05) is 12.1 Å². The summed E-state index contributed by atoms with van der Waals surface area (Å²) in [5.74, 6) is 0.242. The molecule has 0 radical (unpaired) electrons. The summed E-state index contributed by atoms with van der Waals surface area (Å²) in [5.41, 5.74) is 0.912. The minimum atomic E-state index is -3.29. The third kappa shape index (κ3) is 5.68. The molecule has 1 aromatic carbocycles. The summed E-state index contributed by atoms with van der Waals surface area (Å²) in [6.07, 6.45) is 0.380. The van der Waals surface area contributed by atoms with Crippen LogP contribution in [0, 0.1) is 6.92 Å². The fourth-order valence-electron chi connectivity index (χ4n) is 1.83. The van der Waals surface area contributed by atoms with E-state index in [0.717, 1.165) is 5.56 Å². The zero-order valence-electron chi connectivity index (χ0n) is 12.3. The number of thiol groups is 1. The number of aryl methyl sites for hydroxylation is 1. The van der Waals surface area contributed by atoms with E-state index in [2.05, 4.69) is 23.3 Å². The van der Waals surface area contributed by atoms with E-state index in [4.69, 9.17) is 0 Å². The van der Waals surface area contributed by atoms with Crippen LogP contribution in [0.2, 0.25) is 0 Å². The molecule has 0 fully saturated rings. The second-order valence-electron chi connectivity index (χ2n) is 4.80. The Morgan fingerprint density at radius 2 is 2.10 bits per heavy atom. The zero-order chi connectivity index (χ0) is 15.9. The average molecular weight is 330 g/mol. The van der Waals surface area contributed by atoms with E-state index in [1.54, 1.807) is 25.2 Å². The van der Waals surface area contributed by atoms with Crippen LogP contribution in [0.1, 0.15) is 12.0 Å². The number of rotatable bonds is 8. The Morgan fingerprint density at radius 1 is 1.38 bits per heavy atom. The molecule has 0 unspecified atom stereocenters. The first kappa shape index (κ1) is 18.0. The molecule has 0 spiro atoms. The van der Waals surface area contributed by atoms with Crippen LogP contribution in [-0.2, 0) is 14.6 Å². The number of sulfone groups is 1. The summed E-state index contributed by atoms with van der Waals surface area (Å²) < 4.78 is 24.3. The van der Waals surface area contributed by atoms with Gasteiger partial charge in [0.1, 0.15) is 0 Å². The van der Waals surface area contributed by atoms with Gasteiger partial charge in [-0.05, 0) is 38.1 Å². The predicted octanol–water partition coefficient (Wildman–Crippen LogP) is 0.793. The first-order chi connectivity index (χ1) is 9.90. The van der Waals surface area contributed by atoms with Crippen LogP contribution in [-0.4, -0.2) is 45.5 Å². The number of nitrogens with one attached hydrogen (secondary N) is 2. The van der Waals surface area contributed by atoms with Gasteiger partial charge in [0.2, 0.25) is 5.91 Å². The van der Waals surface area contributed by atoms with Crippen molar-refractivity contribution in [3.05, 3.63) is 29.8 Å². The average Bonchev–Trinajstić information content (AvgIpc) is 2.45. The summed E-state index contributed by atoms with van der Waals surface area (Å²) in [6.45, 7) is 2.18. The number of carbonyl (C=O) groups is 1. The number of hydrogen-bond acceptors (Lipinski definition) is 5. The molecule has 7 heteroatoms. The third-order valence-electron chi connectivity index (χ3n) is 3.09. The Morgan fingerprint density at radius 3 is 2.67 bits per heavy atom. The zero-order valence-corrected chi connectivity index (χ0v) is 14.0. The monoisotopic (exact) mass is 330 g/mol. The molecule has 0 saturated heterocycles. The van der Waals surface area contributed by atoms with E-state index >= 15 is 0 Å². The van der Waals surface area contributed by atoms with E-state index in [9.17, 15) is 13.2 Å². The third-order valence-corrected chi connectivity index (χ3v) is 5.25. The summed E-state index contributed by atoms with van der Waals surface area (Å²) in [6, 6.07) is 6.48. The highest BCUT2D eigenvalue weighted by Gasteiger charge is 2.16. The largest absolute Gasteiger partial charge is 0.355 e. The van der Waals surface area contributed by atoms with Crippen molar-refractivity contribution in [3.8, 4) is 0 Å². The van der Waals surface area contributed by atoms with Gasteiger partial charge in [0.15, 0.2) is 9.84 Å². The lowest BCUT2D eigenvalue weighted by atomic mass is 10.2. The first-order valence-electron chi connectivity index (χ1n) is 6.76. The van der Waals surface area contributed by atoms with Crippen molar-refractivity contribution in [1.29, 1.82) is 0 Å². The molecule has 0 aliphatic carbocycles. The highest BCUT2D eigenvalue weighted by Crippen LogP contribution is 2.13. The summed E-state index contributed by atoms with van der Waals surface area (Å²) in [5, 5.41) is 5.54. The maximum absolute atomic E-state index is 12.1. The second kappa shape index (κ2) is 8.41. The van der Waals surface area contributed by atoms with E-state index in [-0.39, 0.29) is 17.7 Å². The van der Waals surface area contributed by atoms with E-state index in [0.29, 0.717) is 23.6 Å². The lowest BCUT2D eigenvalue weighted by Crippen LogP contribution is -2.44. The molecule has 0 aliphatic heterocycles.